The van der Waals surface area contributed by atoms with E-state index in [0.29, 0.717) is 25.4 Å². The summed E-state index contributed by atoms with van der Waals surface area (Å²) in [6.45, 7) is 6.32. The van der Waals surface area contributed by atoms with Gasteiger partial charge in [-0.3, -0.25) is 9.59 Å². The molecule has 1 unspecified atom stereocenters. The van der Waals surface area contributed by atoms with Gasteiger partial charge < -0.3 is 19.7 Å². The zero-order chi connectivity index (χ0) is 22.6. The first-order valence-corrected chi connectivity index (χ1v) is 11.9. The van der Waals surface area contributed by atoms with Crippen molar-refractivity contribution in [1.82, 2.24) is 0 Å². The molecule has 0 heterocycles. The zero-order valence-electron chi connectivity index (χ0n) is 19.3. The lowest BCUT2D eigenvalue weighted by molar-refractivity contribution is -0.160. The molecule has 3 fully saturated rings. The molecule has 0 saturated heterocycles. The number of aliphatic hydroxyl groups excluding tert-OH is 2. The van der Waals surface area contributed by atoms with Crippen molar-refractivity contribution < 1.29 is 29.3 Å². The lowest BCUT2D eigenvalue weighted by Gasteiger charge is -2.61. The third kappa shape index (κ3) is 3.64. The Labute approximate surface area is 185 Å². The molecular weight excluding hydrogens is 396 g/mol. The highest BCUT2D eigenvalue weighted by Gasteiger charge is 2.64. The Kier molecular flexibility index (Phi) is 6.23. The molecule has 0 spiro atoms. The van der Waals surface area contributed by atoms with Crippen molar-refractivity contribution >= 4 is 11.6 Å². The third-order valence-electron chi connectivity index (χ3n) is 9.46. The third-order valence-corrected chi connectivity index (χ3v) is 9.46. The van der Waals surface area contributed by atoms with Crippen LogP contribution in [-0.2, 0) is 19.1 Å². The number of fused-ring (bicyclic) bond motifs is 5. The topological polar surface area (TPSA) is 93.1 Å². The van der Waals surface area contributed by atoms with E-state index in [9.17, 15) is 19.8 Å². The van der Waals surface area contributed by atoms with Crippen LogP contribution in [-0.4, -0.2) is 54.5 Å². The van der Waals surface area contributed by atoms with Crippen molar-refractivity contribution in [2.75, 3.05) is 20.3 Å². The van der Waals surface area contributed by atoms with Crippen LogP contribution in [0, 0.1) is 40.4 Å². The first-order chi connectivity index (χ1) is 14.7. The summed E-state index contributed by atoms with van der Waals surface area (Å²) in [5, 5.41) is 21.0. The molecule has 4 rings (SSSR count). The molecule has 6 nitrogen and oxygen atoms in total. The van der Waals surface area contributed by atoms with Gasteiger partial charge in [-0.05, 0) is 73.7 Å². The summed E-state index contributed by atoms with van der Waals surface area (Å²) in [6, 6.07) is 0. The van der Waals surface area contributed by atoms with Crippen LogP contribution in [0.5, 0.6) is 0 Å². The van der Waals surface area contributed by atoms with Gasteiger partial charge in [0, 0.05) is 25.4 Å². The van der Waals surface area contributed by atoms with E-state index in [0.717, 1.165) is 31.3 Å². The summed E-state index contributed by atoms with van der Waals surface area (Å²) in [5.41, 5.74) is 0.617. The smallest absolute Gasteiger partial charge is 0.161 e. The Balaban J connectivity index is 1.70. The van der Waals surface area contributed by atoms with Gasteiger partial charge in [-0.2, -0.15) is 0 Å². The highest BCUT2D eigenvalue weighted by molar-refractivity contribution is 5.91. The van der Waals surface area contributed by atoms with E-state index in [1.165, 1.54) is 0 Å². The second kappa shape index (κ2) is 8.36. The van der Waals surface area contributed by atoms with Gasteiger partial charge in [0.15, 0.2) is 17.9 Å². The summed E-state index contributed by atoms with van der Waals surface area (Å²) in [5.74, 6) is 0.695. The standard InChI is InChI=1S/C25H38O6/c1-14(30-4)31-13-15-9-17-18-5-6-19(22(29)12-26)25(18,3)11-21(28)23(17)24(2)8-7-16(27)10-20(15)24/h10,14-15,17-19,21,23,26,28H,5-9,11-13H2,1-4H3/t14?,15-,17+,18+,19-,21+,23-,24+,25+/m1/s1. The molecular formula is C25H38O6. The van der Waals surface area contributed by atoms with E-state index in [1.807, 2.05) is 13.0 Å². The predicted octanol–water partition coefficient (Wildman–Crippen LogP) is 2.90. The van der Waals surface area contributed by atoms with Crippen LogP contribution in [0.2, 0.25) is 0 Å². The highest BCUT2D eigenvalue weighted by Crippen LogP contribution is 2.67. The van der Waals surface area contributed by atoms with Crippen LogP contribution in [0.1, 0.15) is 59.3 Å². The molecule has 6 heteroatoms. The Morgan fingerprint density at radius 2 is 2.06 bits per heavy atom. The zero-order valence-corrected chi connectivity index (χ0v) is 19.3. The fraction of sp³-hybridized carbons (Fsp3) is 0.840. The minimum atomic E-state index is -0.514. The van der Waals surface area contributed by atoms with Gasteiger partial charge in [-0.1, -0.05) is 19.4 Å². The molecule has 0 aromatic carbocycles. The number of methoxy groups -OCH3 is 1. The number of hydrogen-bond acceptors (Lipinski definition) is 6. The molecule has 0 radical (unpaired) electrons. The van der Waals surface area contributed by atoms with Crippen molar-refractivity contribution in [2.24, 2.45) is 40.4 Å². The van der Waals surface area contributed by atoms with Crippen molar-refractivity contribution in [1.29, 1.82) is 0 Å². The van der Waals surface area contributed by atoms with Crippen molar-refractivity contribution in [3.63, 3.8) is 0 Å². The minimum absolute atomic E-state index is 0.0870. The molecule has 0 aromatic rings. The molecule has 9 atom stereocenters. The van der Waals surface area contributed by atoms with E-state index in [4.69, 9.17) is 9.47 Å². The Bertz CT molecular complexity index is 761. The first kappa shape index (κ1) is 23.1. The van der Waals surface area contributed by atoms with Crippen LogP contribution in [0.15, 0.2) is 11.6 Å². The maximum absolute atomic E-state index is 12.5. The molecule has 2 N–H and O–H groups in total. The molecule has 174 valence electrons. The number of ketones is 2. The molecule has 4 aliphatic carbocycles. The number of aliphatic hydroxyl groups is 2. The lowest BCUT2D eigenvalue weighted by atomic mass is 9.44. The van der Waals surface area contributed by atoms with E-state index in [2.05, 4.69) is 13.8 Å². The molecule has 0 aliphatic heterocycles. The largest absolute Gasteiger partial charge is 0.393 e. The summed E-state index contributed by atoms with van der Waals surface area (Å²) < 4.78 is 11.2. The SMILES string of the molecule is COC(C)OC[C@H]1C[C@@H]2[C@H]([C@@H](O)C[C@]3(C)[C@@H](C(=O)CO)CC[C@@H]23)[C@@]2(C)CCC(=O)C=C12. The van der Waals surface area contributed by atoms with E-state index in [-0.39, 0.29) is 52.4 Å². The van der Waals surface area contributed by atoms with E-state index in [1.54, 1.807) is 7.11 Å². The number of carbonyl (C=O) groups excluding carboxylic acids is 2. The number of ether oxygens (including phenoxy) is 2. The van der Waals surface area contributed by atoms with Crippen LogP contribution < -0.4 is 0 Å². The van der Waals surface area contributed by atoms with Gasteiger partial charge in [-0.15, -0.1) is 0 Å². The second-order valence-electron chi connectivity index (χ2n) is 10.9. The molecule has 0 aromatic heterocycles. The Hall–Kier alpha value is -1.08. The fourth-order valence-electron chi connectivity index (χ4n) is 8.03. The normalized spacial score (nSPS) is 45.4. The number of rotatable bonds is 6. The maximum Gasteiger partial charge on any atom is 0.161 e. The summed E-state index contributed by atoms with van der Waals surface area (Å²) >= 11 is 0. The molecule has 0 bridgehead atoms. The predicted molar refractivity (Wildman–Crippen MR) is 115 cm³/mol. The molecule has 0 amide bonds. The van der Waals surface area contributed by atoms with Crippen LogP contribution >= 0.6 is 0 Å². The molecule has 4 aliphatic rings. The average molecular weight is 435 g/mol. The van der Waals surface area contributed by atoms with Gasteiger partial charge in [0.25, 0.3) is 0 Å². The van der Waals surface area contributed by atoms with Gasteiger partial charge >= 0.3 is 0 Å². The van der Waals surface area contributed by atoms with Gasteiger partial charge in [0.05, 0.1) is 12.7 Å². The number of Topliss-reactive ketones (excluding diaryl/α,β-unsaturated/α-hetero) is 1. The number of carbonyl (C=O) groups is 2. The van der Waals surface area contributed by atoms with Gasteiger partial charge in [0.1, 0.15) is 6.61 Å². The second-order valence-corrected chi connectivity index (χ2v) is 10.9. The Morgan fingerprint density at radius 1 is 1.32 bits per heavy atom. The van der Waals surface area contributed by atoms with Crippen LogP contribution in [0.25, 0.3) is 0 Å². The highest BCUT2D eigenvalue weighted by atomic mass is 16.7. The fourth-order valence-corrected chi connectivity index (χ4v) is 8.03. The quantitative estimate of drug-likeness (QED) is 0.625. The van der Waals surface area contributed by atoms with Crippen molar-refractivity contribution in [3.05, 3.63) is 11.6 Å². The van der Waals surface area contributed by atoms with Crippen LogP contribution in [0.4, 0.5) is 0 Å². The Morgan fingerprint density at radius 3 is 2.74 bits per heavy atom. The van der Waals surface area contributed by atoms with E-state index >= 15 is 0 Å². The van der Waals surface area contributed by atoms with Crippen LogP contribution in [0.3, 0.4) is 0 Å². The van der Waals surface area contributed by atoms with E-state index < -0.39 is 12.7 Å². The molecule has 31 heavy (non-hydrogen) atoms. The number of hydrogen-bond donors (Lipinski definition) is 2. The summed E-state index contributed by atoms with van der Waals surface area (Å²) in [7, 11) is 1.62. The maximum atomic E-state index is 12.5. The van der Waals surface area contributed by atoms with Gasteiger partial charge in [0.2, 0.25) is 0 Å². The van der Waals surface area contributed by atoms with Crippen molar-refractivity contribution in [2.45, 2.75) is 71.7 Å². The summed E-state index contributed by atoms with van der Waals surface area (Å²) in [4.78, 5) is 24.9. The summed E-state index contributed by atoms with van der Waals surface area (Å²) in [6.07, 6.45) is 5.47. The molecule has 3 saturated carbocycles. The van der Waals surface area contributed by atoms with Gasteiger partial charge in [-0.25, -0.2) is 0 Å². The first-order valence-electron chi connectivity index (χ1n) is 11.9. The minimum Gasteiger partial charge on any atom is -0.393 e. The monoisotopic (exact) mass is 434 g/mol. The lowest BCUT2D eigenvalue weighted by Crippen LogP contribution is -2.59. The van der Waals surface area contributed by atoms with Crippen molar-refractivity contribution in [3.8, 4) is 0 Å². The average Bonchev–Trinajstić information content (AvgIpc) is 3.08.